The highest BCUT2D eigenvalue weighted by Crippen LogP contribution is 2.30. The molecule has 1 aromatic heterocycles. The van der Waals surface area contributed by atoms with Gasteiger partial charge in [-0.2, -0.15) is 10.4 Å². The molecule has 168 valence electrons. The summed E-state index contributed by atoms with van der Waals surface area (Å²) in [5.74, 6) is 0.315. The summed E-state index contributed by atoms with van der Waals surface area (Å²) in [7, 11) is 1.62. The molecular weight excluding hydrogens is 424 g/mol. The molecular formula is C28H24N4O2. The second kappa shape index (κ2) is 10.3. The van der Waals surface area contributed by atoms with Gasteiger partial charge in [-0.15, -0.1) is 0 Å². The van der Waals surface area contributed by atoms with Gasteiger partial charge in [0.25, 0.3) is 5.91 Å². The molecule has 34 heavy (non-hydrogen) atoms. The molecule has 1 amide bonds. The lowest BCUT2D eigenvalue weighted by atomic mass is 10.0. The van der Waals surface area contributed by atoms with E-state index in [0.717, 1.165) is 28.1 Å². The molecule has 0 spiro atoms. The van der Waals surface area contributed by atoms with Gasteiger partial charge in [-0.05, 0) is 54.5 Å². The molecule has 0 radical (unpaired) electrons. The van der Waals surface area contributed by atoms with Crippen molar-refractivity contribution < 1.29 is 9.53 Å². The molecule has 0 bridgehead atoms. The molecule has 0 aliphatic rings. The number of aryl methyl sites for hydroxylation is 1. The van der Waals surface area contributed by atoms with Gasteiger partial charge in [0, 0.05) is 23.9 Å². The first-order valence-corrected chi connectivity index (χ1v) is 10.8. The average Bonchev–Trinajstić information content (AvgIpc) is 3.30. The van der Waals surface area contributed by atoms with E-state index in [1.54, 1.807) is 17.9 Å². The van der Waals surface area contributed by atoms with Gasteiger partial charge < -0.3 is 10.1 Å². The lowest BCUT2D eigenvalue weighted by molar-refractivity contribution is -0.117. The second-order valence-corrected chi connectivity index (χ2v) is 7.73. The van der Waals surface area contributed by atoms with Crippen LogP contribution < -0.4 is 10.1 Å². The zero-order chi connectivity index (χ0) is 23.9. The Morgan fingerprint density at radius 3 is 2.44 bits per heavy atom. The number of amides is 1. The van der Waals surface area contributed by atoms with Crippen LogP contribution in [0.3, 0.4) is 0 Å². The Labute approximate surface area is 198 Å². The summed E-state index contributed by atoms with van der Waals surface area (Å²) < 4.78 is 7.09. The molecule has 0 unspecified atom stereocenters. The number of nitrogens with zero attached hydrogens (tertiary/aromatic N) is 3. The highest BCUT2D eigenvalue weighted by molar-refractivity contribution is 6.02. The smallest absolute Gasteiger partial charge is 0.262 e. The third-order valence-corrected chi connectivity index (χ3v) is 5.41. The van der Waals surface area contributed by atoms with Gasteiger partial charge in [0.05, 0.1) is 12.8 Å². The lowest BCUT2D eigenvalue weighted by Crippen LogP contribution is -2.23. The molecule has 0 saturated heterocycles. The summed E-state index contributed by atoms with van der Waals surface area (Å²) in [5.41, 5.74) is 5.05. The number of hydrogen-bond donors (Lipinski definition) is 1. The van der Waals surface area contributed by atoms with Crippen molar-refractivity contribution in [3.63, 3.8) is 0 Å². The predicted molar refractivity (Wildman–Crippen MR) is 132 cm³/mol. The standard InChI is InChI=1S/C28H24N4O2/c1-20-15-25(34-2)13-14-26(20)27-23(19-32(31-27)24-11-7-4-8-12-24)16-22(17-29)28(33)30-18-21-9-5-3-6-10-21/h3-16,19H,18H2,1-2H3,(H,30,33)/b22-16+. The minimum Gasteiger partial charge on any atom is -0.497 e. The minimum absolute atomic E-state index is 0.0101. The van der Waals surface area contributed by atoms with E-state index < -0.39 is 5.91 Å². The van der Waals surface area contributed by atoms with E-state index in [1.165, 1.54) is 0 Å². The summed E-state index contributed by atoms with van der Waals surface area (Å²) in [6.45, 7) is 2.32. The van der Waals surface area contributed by atoms with E-state index in [0.29, 0.717) is 17.8 Å². The van der Waals surface area contributed by atoms with Crippen LogP contribution in [-0.4, -0.2) is 22.8 Å². The predicted octanol–water partition coefficient (Wildman–Crippen LogP) is 5.08. The Morgan fingerprint density at radius 2 is 1.79 bits per heavy atom. The zero-order valence-corrected chi connectivity index (χ0v) is 19.0. The van der Waals surface area contributed by atoms with Crippen molar-refractivity contribution in [2.45, 2.75) is 13.5 Å². The number of methoxy groups -OCH3 is 1. The first-order valence-electron chi connectivity index (χ1n) is 10.8. The summed E-state index contributed by atoms with van der Waals surface area (Å²) in [6, 6.07) is 27.0. The van der Waals surface area contributed by atoms with Crippen molar-refractivity contribution in [1.29, 1.82) is 5.26 Å². The van der Waals surface area contributed by atoms with Gasteiger partial charge >= 0.3 is 0 Å². The number of para-hydroxylation sites is 1. The van der Waals surface area contributed by atoms with Crippen LogP contribution in [0.5, 0.6) is 5.75 Å². The highest BCUT2D eigenvalue weighted by atomic mass is 16.5. The minimum atomic E-state index is -0.434. The Balaban J connectivity index is 1.73. The van der Waals surface area contributed by atoms with E-state index in [-0.39, 0.29) is 5.57 Å². The molecule has 0 fully saturated rings. The molecule has 0 aliphatic carbocycles. The number of benzene rings is 3. The maximum absolute atomic E-state index is 12.8. The fraction of sp³-hybridized carbons (Fsp3) is 0.107. The van der Waals surface area contributed by atoms with Gasteiger partial charge in [0.1, 0.15) is 23.1 Å². The highest BCUT2D eigenvalue weighted by Gasteiger charge is 2.16. The van der Waals surface area contributed by atoms with Crippen LogP contribution in [0, 0.1) is 18.3 Å². The molecule has 0 atom stereocenters. The fourth-order valence-corrected chi connectivity index (χ4v) is 3.62. The number of carbonyl (C=O) groups excluding carboxylic acids is 1. The summed E-state index contributed by atoms with van der Waals surface area (Å²) in [6.07, 6.45) is 3.42. The van der Waals surface area contributed by atoms with Gasteiger partial charge in [0.2, 0.25) is 0 Å². The van der Waals surface area contributed by atoms with E-state index in [2.05, 4.69) is 5.32 Å². The number of rotatable bonds is 7. The summed E-state index contributed by atoms with van der Waals surface area (Å²) >= 11 is 0. The fourth-order valence-electron chi connectivity index (χ4n) is 3.62. The number of ether oxygens (including phenoxy) is 1. The van der Waals surface area contributed by atoms with Crippen LogP contribution in [0.2, 0.25) is 0 Å². The van der Waals surface area contributed by atoms with E-state index in [4.69, 9.17) is 9.84 Å². The van der Waals surface area contributed by atoms with Crippen molar-refractivity contribution in [2.75, 3.05) is 7.11 Å². The van der Waals surface area contributed by atoms with Crippen LogP contribution in [0.1, 0.15) is 16.7 Å². The molecule has 1 heterocycles. The molecule has 6 nitrogen and oxygen atoms in total. The number of aromatic nitrogens is 2. The first-order chi connectivity index (χ1) is 16.6. The number of hydrogen-bond acceptors (Lipinski definition) is 4. The molecule has 0 saturated carbocycles. The lowest BCUT2D eigenvalue weighted by Gasteiger charge is -2.07. The molecule has 1 N–H and O–H groups in total. The van der Waals surface area contributed by atoms with Gasteiger partial charge in [-0.25, -0.2) is 4.68 Å². The van der Waals surface area contributed by atoms with E-state index in [1.807, 2.05) is 98.1 Å². The number of carbonyl (C=O) groups is 1. The Hall–Kier alpha value is -4.63. The van der Waals surface area contributed by atoms with Gasteiger partial charge in [0.15, 0.2) is 0 Å². The van der Waals surface area contributed by atoms with Gasteiger partial charge in [-0.1, -0.05) is 48.5 Å². The zero-order valence-electron chi connectivity index (χ0n) is 19.0. The molecule has 0 aliphatic heterocycles. The van der Waals surface area contributed by atoms with Crippen LogP contribution in [0.15, 0.2) is 90.6 Å². The number of nitrogens with one attached hydrogen (secondary N) is 1. The average molecular weight is 449 g/mol. The van der Waals surface area contributed by atoms with Crippen molar-refractivity contribution in [2.24, 2.45) is 0 Å². The topological polar surface area (TPSA) is 79.9 Å². The van der Waals surface area contributed by atoms with Crippen molar-refractivity contribution in [3.05, 3.63) is 107 Å². The molecule has 6 heteroatoms. The largest absolute Gasteiger partial charge is 0.497 e. The quantitative estimate of drug-likeness (QED) is 0.316. The maximum atomic E-state index is 12.8. The van der Waals surface area contributed by atoms with Crippen LogP contribution >= 0.6 is 0 Å². The van der Waals surface area contributed by atoms with Crippen molar-refractivity contribution in [1.82, 2.24) is 15.1 Å². The Morgan fingerprint density at radius 1 is 1.09 bits per heavy atom. The van der Waals surface area contributed by atoms with Gasteiger partial charge in [-0.3, -0.25) is 4.79 Å². The van der Waals surface area contributed by atoms with Crippen molar-refractivity contribution in [3.8, 4) is 28.8 Å². The summed E-state index contributed by atoms with van der Waals surface area (Å²) in [5, 5.41) is 17.4. The number of nitriles is 1. The van der Waals surface area contributed by atoms with Crippen LogP contribution in [0.25, 0.3) is 23.0 Å². The normalized spacial score (nSPS) is 11.0. The first kappa shape index (κ1) is 22.6. The SMILES string of the molecule is COc1ccc(-c2nn(-c3ccccc3)cc2/C=C(\C#N)C(=O)NCc2ccccc2)c(C)c1. The second-order valence-electron chi connectivity index (χ2n) is 7.73. The molecule has 3 aromatic carbocycles. The van der Waals surface area contributed by atoms with Crippen molar-refractivity contribution >= 4 is 12.0 Å². The van der Waals surface area contributed by atoms with Crippen LogP contribution in [-0.2, 0) is 11.3 Å². The van der Waals surface area contributed by atoms with E-state index in [9.17, 15) is 10.1 Å². The van der Waals surface area contributed by atoms with Crippen LogP contribution in [0.4, 0.5) is 0 Å². The van der Waals surface area contributed by atoms with E-state index >= 15 is 0 Å². The molecule has 4 aromatic rings. The maximum Gasteiger partial charge on any atom is 0.262 e. The Kier molecular flexibility index (Phi) is 6.85. The third-order valence-electron chi connectivity index (χ3n) is 5.41. The third kappa shape index (κ3) is 5.05. The molecule has 4 rings (SSSR count). The monoisotopic (exact) mass is 448 g/mol. The summed E-state index contributed by atoms with van der Waals surface area (Å²) in [4.78, 5) is 12.8. The Bertz CT molecular complexity index is 1370.